The first-order chi connectivity index (χ1) is 8.61. The van der Waals surface area contributed by atoms with Gasteiger partial charge in [0.2, 0.25) is 5.91 Å². The van der Waals surface area contributed by atoms with Gasteiger partial charge in [0, 0.05) is 12.5 Å². The van der Waals surface area contributed by atoms with Crippen molar-refractivity contribution in [3.05, 3.63) is 0 Å². The van der Waals surface area contributed by atoms with E-state index >= 15 is 0 Å². The summed E-state index contributed by atoms with van der Waals surface area (Å²) in [6.45, 7) is 1.13. The normalized spacial score (nSPS) is 15.9. The first-order valence-electron chi connectivity index (χ1n) is 6.66. The minimum atomic E-state index is -0.196. The molecule has 1 aliphatic carbocycles. The minimum absolute atomic E-state index is 0.0856. The molecule has 5 nitrogen and oxygen atoms in total. The number of nitrogens with zero attached hydrogens (tertiary/aromatic N) is 1. The third-order valence-electron chi connectivity index (χ3n) is 3.28. The van der Waals surface area contributed by atoms with Crippen LogP contribution in [-0.4, -0.2) is 50.1 Å². The Labute approximate surface area is 109 Å². The van der Waals surface area contributed by atoms with Crippen LogP contribution in [0, 0.1) is 0 Å². The predicted molar refractivity (Wildman–Crippen MR) is 69.1 cm³/mol. The van der Waals surface area contributed by atoms with E-state index < -0.39 is 0 Å². The van der Waals surface area contributed by atoms with Gasteiger partial charge in [-0.1, -0.05) is 12.8 Å². The SMILES string of the molecule is COC(=O)CCCN(C)CC(=O)NC1CCCC1. The van der Waals surface area contributed by atoms with E-state index in [4.69, 9.17) is 0 Å². The summed E-state index contributed by atoms with van der Waals surface area (Å²) in [6.07, 6.45) is 5.79. The molecule has 0 atom stereocenters. The van der Waals surface area contributed by atoms with E-state index in [1.807, 2.05) is 11.9 Å². The van der Waals surface area contributed by atoms with E-state index in [2.05, 4.69) is 10.1 Å². The summed E-state index contributed by atoms with van der Waals surface area (Å²) in [4.78, 5) is 24.6. The van der Waals surface area contributed by atoms with Crippen LogP contribution in [0.15, 0.2) is 0 Å². The zero-order valence-corrected chi connectivity index (χ0v) is 11.4. The van der Waals surface area contributed by atoms with Crippen LogP contribution in [0.4, 0.5) is 0 Å². The zero-order valence-electron chi connectivity index (χ0n) is 11.4. The molecule has 1 N–H and O–H groups in total. The first-order valence-corrected chi connectivity index (χ1v) is 6.66. The minimum Gasteiger partial charge on any atom is -0.469 e. The van der Waals surface area contributed by atoms with Gasteiger partial charge in [0.15, 0.2) is 0 Å². The van der Waals surface area contributed by atoms with E-state index in [-0.39, 0.29) is 11.9 Å². The number of ether oxygens (including phenoxy) is 1. The van der Waals surface area contributed by atoms with Crippen LogP contribution < -0.4 is 5.32 Å². The Morgan fingerprint density at radius 2 is 2.00 bits per heavy atom. The lowest BCUT2D eigenvalue weighted by atomic mass is 10.2. The number of rotatable bonds is 7. The molecule has 0 bridgehead atoms. The van der Waals surface area contributed by atoms with Gasteiger partial charge in [-0.25, -0.2) is 0 Å². The molecule has 1 fully saturated rings. The Hall–Kier alpha value is -1.10. The predicted octanol–water partition coefficient (Wildman–Crippen LogP) is 0.930. The quantitative estimate of drug-likeness (QED) is 0.688. The number of likely N-dealkylation sites (N-methyl/N-ethyl adjacent to an activating group) is 1. The summed E-state index contributed by atoms with van der Waals surface area (Å²) < 4.78 is 4.57. The third kappa shape index (κ3) is 6.00. The molecule has 0 aliphatic heterocycles. The van der Waals surface area contributed by atoms with Gasteiger partial charge in [-0.05, 0) is 32.9 Å². The maximum atomic E-state index is 11.7. The Bertz CT molecular complexity index is 275. The molecule has 1 rings (SSSR count). The average molecular weight is 256 g/mol. The van der Waals surface area contributed by atoms with Gasteiger partial charge in [0.1, 0.15) is 0 Å². The molecule has 0 aromatic carbocycles. The molecule has 5 heteroatoms. The highest BCUT2D eigenvalue weighted by Gasteiger charge is 2.17. The number of methoxy groups -OCH3 is 1. The summed E-state index contributed by atoms with van der Waals surface area (Å²) in [5.41, 5.74) is 0. The van der Waals surface area contributed by atoms with E-state index in [9.17, 15) is 9.59 Å². The van der Waals surface area contributed by atoms with Gasteiger partial charge in [-0.15, -0.1) is 0 Å². The van der Waals surface area contributed by atoms with E-state index in [0.717, 1.165) is 25.8 Å². The van der Waals surface area contributed by atoms with Crippen LogP contribution in [-0.2, 0) is 14.3 Å². The second kappa shape index (κ2) is 8.08. The third-order valence-corrected chi connectivity index (χ3v) is 3.28. The van der Waals surface area contributed by atoms with Crippen molar-refractivity contribution in [2.75, 3.05) is 27.2 Å². The largest absolute Gasteiger partial charge is 0.469 e. The fraction of sp³-hybridized carbons (Fsp3) is 0.846. The van der Waals surface area contributed by atoms with Crippen LogP contribution in [0.2, 0.25) is 0 Å². The Morgan fingerprint density at radius 1 is 1.33 bits per heavy atom. The van der Waals surface area contributed by atoms with E-state index in [1.54, 1.807) is 0 Å². The second-order valence-electron chi connectivity index (χ2n) is 4.97. The van der Waals surface area contributed by atoms with Gasteiger partial charge >= 0.3 is 5.97 Å². The van der Waals surface area contributed by atoms with Crippen molar-refractivity contribution in [2.45, 2.75) is 44.6 Å². The smallest absolute Gasteiger partial charge is 0.305 e. The molecule has 0 aromatic rings. The lowest BCUT2D eigenvalue weighted by Gasteiger charge is -2.18. The molecule has 1 saturated carbocycles. The van der Waals surface area contributed by atoms with Gasteiger partial charge in [-0.3, -0.25) is 14.5 Å². The van der Waals surface area contributed by atoms with Crippen LogP contribution in [0.5, 0.6) is 0 Å². The maximum absolute atomic E-state index is 11.7. The number of carbonyl (C=O) groups is 2. The zero-order chi connectivity index (χ0) is 13.4. The van der Waals surface area contributed by atoms with Crippen LogP contribution in [0.3, 0.4) is 0 Å². The van der Waals surface area contributed by atoms with Crippen molar-refractivity contribution >= 4 is 11.9 Å². The lowest BCUT2D eigenvalue weighted by molar-refractivity contribution is -0.140. The number of esters is 1. The summed E-state index contributed by atoms with van der Waals surface area (Å²) in [7, 11) is 3.28. The van der Waals surface area contributed by atoms with Crippen molar-refractivity contribution in [1.29, 1.82) is 0 Å². The molecule has 0 saturated heterocycles. The molecule has 1 amide bonds. The number of hydrogen-bond acceptors (Lipinski definition) is 4. The first kappa shape index (κ1) is 15.0. The number of amides is 1. The van der Waals surface area contributed by atoms with Crippen LogP contribution >= 0.6 is 0 Å². The number of carbonyl (C=O) groups excluding carboxylic acids is 2. The van der Waals surface area contributed by atoms with Crippen molar-refractivity contribution in [1.82, 2.24) is 10.2 Å². The summed E-state index contributed by atoms with van der Waals surface area (Å²) in [5.74, 6) is -0.110. The Kier molecular flexibility index (Phi) is 6.72. The van der Waals surface area contributed by atoms with Crippen LogP contribution in [0.1, 0.15) is 38.5 Å². The molecule has 0 radical (unpaired) electrons. The summed E-state index contributed by atoms with van der Waals surface area (Å²) in [5, 5.41) is 3.05. The molecule has 104 valence electrons. The number of hydrogen-bond donors (Lipinski definition) is 1. The molecule has 0 heterocycles. The molecular weight excluding hydrogens is 232 g/mol. The van der Waals surface area contributed by atoms with Crippen molar-refractivity contribution < 1.29 is 14.3 Å². The highest BCUT2D eigenvalue weighted by molar-refractivity contribution is 5.78. The molecule has 1 aliphatic rings. The Morgan fingerprint density at radius 3 is 2.61 bits per heavy atom. The fourth-order valence-electron chi connectivity index (χ4n) is 2.26. The molecule has 18 heavy (non-hydrogen) atoms. The molecule has 0 unspecified atom stereocenters. The fourth-order valence-corrected chi connectivity index (χ4v) is 2.26. The van der Waals surface area contributed by atoms with Gasteiger partial charge in [-0.2, -0.15) is 0 Å². The van der Waals surface area contributed by atoms with Gasteiger partial charge in [0.05, 0.1) is 13.7 Å². The second-order valence-corrected chi connectivity index (χ2v) is 4.97. The summed E-state index contributed by atoms with van der Waals surface area (Å²) >= 11 is 0. The standard InChI is InChI=1S/C13H24N2O3/c1-15(9-5-8-13(17)18-2)10-12(16)14-11-6-3-4-7-11/h11H,3-10H2,1-2H3,(H,14,16). The molecular formula is C13H24N2O3. The summed E-state index contributed by atoms with van der Waals surface area (Å²) in [6, 6.07) is 0.376. The van der Waals surface area contributed by atoms with Crippen LogP contribution in [0.25, 0.3) is 0 Å². The molecule has 0 aromatic heterocycles. The van der Waals surface area contributed by atoms with E-state index in [1.165, 1.54) is 20.0 Å². The number of nitrogens with one attached hydrogen (secondary N) is 1. The van der Waals surface area contributed by atoms with Crippen molar-refractivity contribution in [3.63, 3.8) is 0 Å². The highest BCUT2D eigenvalue weighted by Crippen LogP contribution is 2.17. The van der Waals surface area contributed by atoms with Gasteiger partial charge < -0.3 is 10.1 Å². The van der Waals surface area contributed by atoms with Gasteiger partial charge in [0.25, 0.3) is 0 Å². The van der Waals surface area contributed by atoms with Crippen molar-refractivity contribution in [3.8, 4) is 0 Å². The topological polar surface area (TPSA) is 58.6 Å². The average Bonchev–Trinajstić information content (AvgIpc) is 2.81. The van der Waals surface area contributed by atoms with E-state index in [0.29, 0.717) is 19.0 Å². The van der Waals surface area contributed by atoms with Crippen molar-refractivity contribution in [2.24, 2.45) is 0 Å². The Balaban J connectivity index is 2.08. The maximum Gasteiger partial charge on any atom is 0.305 e. The highest BCUT2D eigenvalue weighted by atomic mass is 16.5. The monoisotopic (exact) mass is 256 g/mol. The lowest BCUT2D eigenvalue weighted by Crippen LogP contribution is -2.40. The molecule has 0 spiro atoms.